The fourth-order valence-corrected chi connectivity index (χ4v) is 2.71. The zero-order valence-electron chi connectivity index (χ0n) is 11.6. The molecule has 2 aromatic rings. The van der Waals surface area contributed by atoms with Crippen LogP contribution in [0.2, 0.25) is 0 Å². The van der Waals surface area contributed by atoms with E-state index in [-0.39, 0.29) is 12.6 Å². The monoisotopic (exact) mass is 273 g/mol. The van der Waals surface area contributed by atoms with Gasteiger partial charge in [-0.2, -0.15) is 4.98 Å². The van der Waals surface area contributed by atoms with Gasteiger partial charge in [0, 0.05) is 11.6 Å². The molecule has 5 nitrogen and oxygen atoms in total. The van der Waals surface area contributed by atoms with Crippen LogP contribution < -0.4 is 0 Å². The van der Waals surface area contributed by atoms with Crippen LogP contribution in [0.4, 0.5) is 0 Å². The van der Waals surface area contributed by atoms with E-state index in [1.807, 2.05) is 31.2 Å². The third-order valence-electron chi connectivity index (χ3n) is 3.79. The lowest BCUT2D eigenvalue weighted by Gasteiger charge is -2.20. The fourth-order valence-electron chi connectivity index (χ4n) is 2.71. The van der Waals surface area contributed by atoms with E-state index in [1.54, 1.807) is 0 Å². The van der Waals surface area contributed by atoms with Gasteiger partial charge in [0.15, 0.2) is 5.82 Å². The van der Waals surface area contributed by atoms with Crippen molar-refractivity contribution in [2.75, 3.05) is 13.2 Å². The van der Waals surface area contributed by atoms with Crippen LogP contribution in [0, 0.1) is 6.92 Å². The summed E-state index contributed by atoms with van der Waals surface area (Å²) in [7, 11) is 0. The molecular weight excluding hydrogens is 254 g/mol. The number of benzene rings is 1. The normalized spacial score (nSPS) is 19.6. The van der Waals surface area contributed by atoms with Crippen molar-refractivity contribution in [2.45, 2.75) is 32.4 Å². The Labute approximate surface area is 118 Å². The van der Waals surface area contributed by atoms with Gasteiger partial charge in [0.1, 0.15) is 0 Å². The Morgan fingerprint density at radius 1 is 1.45 bits per heavy atom. The van der Waals surface area contributed by atoms with Crippen molar-refractivity contribution in [1.82, 2.24) is 15.0 Å². The van der Waals surface area contributed by atoms with Gasteiger partial charge in [-0.25, -0.2) is 0 Å². The van der Waals surface area contributed by atoms with Crippen molar-refractivity contribution in [3.05, 3.63) is 35.7 Å². The SMILES string of the molecule is Cc1cccc(-c2nc(CN3CCC[C@H]3CO)no2)c1. The minimum absolute atomic E-state index is 0.197. The third kappa shape index (κ3) is 2.73. The maximum atomic E-state index is 9.32. The predicted molar refractivity (Wildman–Crippen MR) is 75.0 cm³/mol. The summed E-state index contributed by atoms with van der Waals surface area (Å²) < 4.78 is 5.33. The van der Waals surface area contributed by atoms with Gasteiger partial charge in [-0.15, -0.1) is 0 Å². The molecule has 1 aliphatic heterocycles. The minimum Gasteiger partial charge on any atom is -0.395 e. The first-order valence-electron chi connectivity index (χ1n) is 7.01. The summed E-state index contributed by atoms with van der Waals surface area (Å²) in [4.78, 5) is 6.67. The standard InChI is InChI=1S/C15H19N3O2/c1-11-4-2-5-12(8-11)15-16-14(17-20-15)9-18-7-3-6-13(18)10-19/h2,4-5,8,13,19H,3,6-7,9-10H2,1H3/t13-/m0/s1. The van der Waals surface area contributed by atoms with E-state index in [2.05, 4.69) is 15.0 Å². The molecule has 1 saturated heterocycles. The number of aryl methyl sites for hydroxylation is 1. The summed E-state index contributed by atoms with van der Waals surface area (Å²) in [5.41, 5.74) is 2.12. The number of hydrogen-bond acceptors (Lipinski definition) is 5. The van der Waals surface area contributed by atoms with Crippen molar-refractivity contribution < 1.29 is 9.63 Å². The average Bonchev–Trinajstić information content (AvgIpc) is 3.08. The molecule has 0 unspecified atom stereocenters. The highest BCUT2D eigenvalue weighted by molar-refractivity contribution is 5.53. The van der Waals surface area contributed by atoms with Gasteiger partial charge in [0.05, 0.1) is 13.2 Å². The summed E-state index contributed by atoms with van der Waals surface area (Å²) in [5.74, 6) is 1.24. The smallest absolute Gasteiger partial charge is 0.257 e. The number of aliphatic hydroxyl groups excluding tert-OH is 1. The van der Waals surface area contributed by atoms with Gasteiger partial charge in [0.2, 0.25) is 0 Å². The van der Waals surface area contributed by atoms with Crippen LogP contribution in [-0.2, 0) is 6.54 Å². The molecule has 1 aromatic heterocycles. The van der Waals surface area contributed by atoms with Crippen LogP contribution in [-0.4, -0.2) is 39.3 Å². The van der Waals surface area contributed by atoms with Crippen LogP contribution in [0.1, 0.15) is 24.2 Å². The molecule has 1 fully saturated rings. The van der Waals surface area contributed by atoms with Gasteiger partial charge in [-0.3, -0.25) is 4.90 Å². The van der Waals surface area contributed by atoms with E-state index in [0.29, 0.717) is 18.3 Å². The average molecular weight is 273 g/mol. The van der Waals surface area contributed by atoms with Gasteiger partial charge < -0.3 is 9.63 Å². The predicted octanol–water partition coefficient (Wildman–Crippen LogP) is 2.00. The van der Waals surface area contributed by atoms with Crippen molar-refractivity contribution in [2.24, 2.45) is 0 Å². The Bertz CT molecular complexity index is 582. The topological polar surface area (TPSA) is 62.4 Å². The Balaban J connectivity index is 1.74. The second kappa shape index (κ2) is 5.73. The van der Waals surface area contributed by atoms with Crippen LogP contribution >= 0.6 is 0 Å². The highest BCUT2D eigenvalue weighted by atomic mass is 16.5. The lowest BCUT2D eigenvalue weighted by Crippen LogP contribution is -2.31. The Morgan fingerprint density at radius 3 is 3.15 bits per heavy atom. The molecule has 0 radical (unpaired) electrons. The maximum absolute atomic E-state index is 9.32. The number of nitrogens with zero attached hydrogens (tertiary/aromatic N) is 3. The molecule has 1 N–H and O–H groups in total. The Morgan fingerprint density at radius 2 is 2.35 bits per heavy atom. The van der Waals surface area contributed by atoms with E-state index in [4.69, 9.17) is 4.52 Å². The fraction of sp³-hybridized carbons (Fsp3) is 0.467. The number of likely N-dealkylation sites (tertiary alicyclic amines) is 1. The largest absolute Gasteiger partial charge is 0.395 e. The maximum Gasteiger partial charge on any atom is 0.257 e. The van der Waals surface area contributed by atoms with Crippen LogP contribution in [0.5, 0.6) is 0 Å². The lowest BCUT2D eigenvalue weighted by molar-refractivity contribution is 0.150. The summed E-state index contributed by atoms with van der Waals surface area (Å²) >= 11 is 0. The van der Waals surface area contributed by atoms with Crippen molar-refractivity contribution in [1.29, 1.82) is 0 Å². The lowest BCUT2D eigenvalue weighted by atomic mass is 10.1. The second-order valence-corrected chi connectivity index (χ2v) is 5.33. The van der Waals surface area contributed by atoms with Crippen LogP contribution in [0.15, 0.2) is 28.8 Å². The molecule has 1 aromatic carbocycles. The van der Waals surface area contributed by atoms with Crippen LogP contribution in [0.25, 0.3) is 11.5 Å². The quantitative estimate of drug-likeness (QED) is 0.923. The first-order chi connectivity index (χ1) is 9.76. The van der Waals surface area contributed by atoms with E-state index >= 15 is 0 Å². The van der Waals surface area contributed by atoms with Gasteiger partial charge >= 0.3 is 0 Å². The van der Waals surface area contributed by atoms with Gasteiger partial charge in [-0.1, -0.05) is 22.9 Å². The molecule has 20 heavy (non-hydrogen) atoms. The summed E-state index contributed by atoms with van der Waals surface area (Å²) in [5, 5.41) is 13.4. The molecule has 0 amide bonds. The summed E-state index contributed by atoms with van der Waals surface area (Å²) in [6.45, 7) is 3.86. The molecule has 3 rings (SSSR count). The zero-order valence-corrected chi connectivity index (χ0v) is 11.6. The molecule has 5 heteroatoms. The molecule has 0 aliphatic carbocycles. The minimum atomic E-state index is 0.197. The zero-order chi connectivity index (χ0) is 13.9. The summed E-state index contributed by atoms with van der Waals surface area (Å²) in [6.07, 6.45) is 2.16. The number of aliphatic hydroxyl groups is 1. The Hall–Kier alpha value is -1.72. The highest BCUT2D eigenvalue weighted by Gasteiger charge is 2.25. The molecule has 0 bridgehead atoms. The summed E-state index contributed by atoms with van der Waals surface area (Å²) in [6, 6.07) is 8.25. The van der Waals surface area contributed by atoms with Gasteiger partial charge in [0.25, 0.3) is 5.89 Å². The Kier molecular flexibility index (Phi) is 3.80. The van der Waals surface area contributed by atoms with E-state index < -0.39 is 0 Å². The van der Waals surface area contributed by atoms with Gasteiger partial charge in [-0.05, 0) is 38.4 Å². The number of hydrogen-bond donors (Lipinski definition) is 1. The first kappa shape index (κ1) is 13.3. The van der Waals surface area contributed by atoms with Crippen molar-refractivity contribution in [3.63, 3.8) is 0 Å². The van der Waals surface area contributed by atoms with E-state index in [9.17, 15) is 5.11 Å². The van der Waals surface area contributed by atoms with Crippen molar-refractivity contribution in [3.8, 4) is 11.5 Å². The molecule has 0 saturated carbocycles. The highest BCUT2D eigenvalue weighted by Crippen LogP contribution is 2.21. The van der Waals surface area contributed by atoms with E-state index in [0.717, 1.165) is 24.9 Å². The molecule has 2 heterocycles. The molecule has 1 atom stereocenters. The molecular formula is C15H19N3O2. The third-order valence-corrected chi connectivity index (χ3v) is 3.79. The second-order valence-electron chi connectivity index (χ2n) is 5.33. The number of aromatic nitrogens is 2. The number of rotatable bonds is 4. The van der Waals surface area contributed by atoms with E-state index in [1.165, 1.54) is 5.56 Å². The first-order valence-corrected chi connectivity index (χ1v) is 7.01. The molecule has 106 valence electrons. The van der Waals surface area contributed by atoms with Crippen LogP contribution in [0.3, 0.4) is 0 Å². The molecule has 1 aliphatic rings. The van der Waals surface area contributed by atoms with Crippen molar-refractivity contribution >= 4 is 0 Å². The molecule has 0 spiro atoms.